The highest BCUT2D eigenvalue weighted by molar-refractivity contribution is 6.25. The number of rotatable bonds is 1. The summed E-state index contributed by atoms with van der Waals surface area (Å²) in [5, 5.41) is 7.71. The van der Waals surface area contributed by atoms with Gasteiger partial charge in [0.2, 0.25) is 0 Å². The van der Waals surface area contributed by atoms with Gasteiger partial charge in [0, 0.05) is 38.0 Å². The van der Waals surface area contributed by atoms with Crippen molar-refractivity contribution < 1.29 is 0 Å². The quantitative estimate of drug-likeness (QED) is 0.171. The molecule has 4 nitrogen and oxygen atoms in total. The van der Waals surface area contributed by atoms with Gasteiger partial charge < -0.3 is 17.8 Å². The molecule has 0 amide bonds. The van der Waals surface area contributed by atoms with E-state index in [1.165, 1.54) is 98.7 Å². The van der Waals surface area contributed by atoms with Gasteiger partial charge in [-0.1, -0.05) is 84.9 Å². The maximum Gasteiger partial charge on any atom is 0.0783 e. The van der Waals surface area contributed by atoms with Gasteiger partial charge in [-0.25, -0.2) is 0 Å². The molecule has 0 aliphatic carbocycles. The zero-order valence-corrected chi connectivity index (χ0v) is 24.6. The first-order valence-electron chi connectivity index (χ1n) is 15.9. The van der Waals surface area contributed by atoms with Crippen molar-refractivity contribution in [2.45, 2.75) is 0 Å². The molecule has 46 heavy (non-hydrogen) atoms. The van der Waals surface area contributed by atoms with Crippen molar-refractivity contribution in [3.63, 3.8) is 0 Å². The van der Waals surface area contributed by atoms with E-state index in [-0.39, 0.29) is 0 Å². The molecule has 0 fully saturated rings. The summed E-state index contributed by atoms with van der Waals surface area (Å²) < 4.78 is 9.92. The first-order valence-corrected chi connectivity index (χ1v) is 15.9. The van der Waals surface area contributed by atoms with Crippen molar-refractivity contribution in [1.29, 1.82) is 0 Å². The van der Waals surface area contributed by atoms with E-state index in [2.05, 4.69) is 163 Å². The lowest BCUT2D eigenvalue weighted by Gasteiger charge is -2.17. The highest BCUT2D eigenvalue weighted by Gasteiger charge is 2.23. The van der Waals surface area contributed by atoms with Crippen LogP contribution in [0.25, 0.3) is 98.7 Å². The molecule has 0 saturated heterocycles. The molecule has 0 aliphatic heterocycles. The third-order valence-corrected chi connectivity index (χ3v) is 10.4. The Balaban J connectivity index is 1.35. The smallest absolute Gasteiger partial charge is 0.0783 e. The Morgan fingerprint density at radius 1 is 0.261 bits per heavy atom. The van der Waals surface area contributed by atoms with Crippen molar-refractivity contribution in [3.05, 3.63) is 146 Å². The van der Waals surface area contributed by atoms with E-state index in [4.69, 9.17) is 0 Å². The molecule has 5 heterocycles. The van der Waals surface area contributed by atoms with Gasteiger partial charge in [-0.2, -0.15) is 0 Å². The third-order valence-electron chi connectivity index (χ3n) is 10.4. The zero-order chi connectivity index (χ0) is 29.7. The average molecular weight is 585 g/mol. The van der Waals surface area contributed by atoms with Gasteiger partial charge in [-0.3, -0.25) is 0 Å². The van der Waals surface area contributed by atoms with E-state index in [9.17, 15) is 0 Å². The standard InChI is InChI=1S/C42H24N4/c1-2-11-25(12-3-1)43-33-18-6-7-19-34(33)45-38-24-39-31(23-30(38)28-15-9-20-35(43)41(28)45)29-16-10-21-36-42(29)46(39)37-22-8-14-27-26-13-4-5-17-32(26)44(36)40(27)37/h1-24H. The number of nitrogens with zero attached hydrogens (tertiary/aromatic N) is 4. The summed E-state index contributed by atoms with van der Waals surface area (Å²) in [5.41, 5.74) is 14.7. The summed E-state index contributed by atoms with van der Waals surface area (Å²) in [6.45, 7) is 0. The number of aromatic nitrogens is 4. The number of benzene rings is 7. The van der Waals surface area contributed by atoms with Gasteiger partial charge in [0.15, 0.2) is 0 Å². The highest BCUT2D eigenvalue weighted by Crippen LogP contribution is 2.44. The molecule has 0 saturated carbocycles. The summed E-state index contributed by atoms with van der Waals surface area (Å²) in [6.07, 6.45) is 0. The molecule has 0 bridgehead atoms. The van der Waals surface area contributed by atoms with E-state index in [1.807, 2.05) is 0 Å². The van der Waals surface area contributed by atoms with Gasteiger partial charge in [-0.05, 0) is 60.7 Å². The van der Waals surface area contributed by atoms with Crippen LogP contribution in [0.1, 0.15) is 0 Å². The number of hydrogen-bond acceptors (Lipinski definition) is 0. The first-order chi connectivity index (χ1) is 22.9. The van der Waals surface area contributed by atoms with Crippen LogP contribution in [0, 0.1) is 0 Å². The number of hydrogen-bond donors (Lipinski definition) is 0. The lowest BCUT2D eigenvalue weighted by molar-refractivity contribution is 1.14. The Morgan fingerprint density at radius 2 is 0.717 bits per heavy atom. The molecule has 7 aromatic carbocycles. The lowest BCUT2D eigenvalue weighted by Crippen LogP contribution is -2.03. The molecule has 12 aromatic rings. The van der Waals surface area contributed by atoms with Crippen molar-refractivity contribution >= 4 is 93.0 Å². The van der Waals surface area contributed by atoms with Crippen molar-refractivity contribution in [2.24, 2.45) is 0 Å². The third kappa shape index (κ3) is 2.54. The van der Waals surface area contributed by atoms with Crippen LogP contribution in [0.4, 0.5) is 0 Å². The van der Waals surface area contributed by atoms with Crippen LogP contribution in [0.15, 0.2) is 146 Å². The summed E-state index contributed by atoms with van der Waals surface area (Å²) in [5.74, 6) is 0. The predicted octanol–water partition coefficient (Wildman–Crippen LogP) is 10.7. The monoisotopic (exact) mass is 584 g/mol. The molecule has 0 spiro atoms. The Bertz CT molecular complexity index is 3240. The van der Waals surface area contributed by atoms with Crippen LogP contribution in [0.2, 0.25) is 0 Å². The molecule has 0 atom stereocenters. The molecule has 0 radical (unpaired) electrons. The maximum absolute atomic E-state index is 2.53. The molecule has 4 heteroatoms. The van der Waals surface area contributed by atoms with E-state index >= 15 is 0 Å². The van der Waals surface area contributed by atoms with E-state index in [0.29, 0.717) is 0 Å². The minimum Gasteiger partial charge on any atom is -0.306 e. The topological polar surface area (TPSA) is 18.2 Å². The molecular formula is C42H24N4. The molecule has 0 aliphatic rings. The van der Waals surface area contributed by atoms with Gasteiger partial charge in [0.1, 0.15) is 0 Å². The van der Waals surface area contributed by atoms with Gasteiger partial charge in [-0.15, -0.1) is 0 Å². The fraction of sp³-hybridized carbons (Fsp3) is 0. The second-order valence-corrected chi connectivity index (χ2v) is 12.6. The van der Waals surface area contributed by atoms with Crippen molar-refractivity contribution in [3.8, 4) is 5.69 Å². The maximum atomic E-state index is 2.53. The second kappa shape index (κ2) is 7.87. The molecular weight excluding hydrogens is 560 g/mol. The van der Waals surface area contributed by atoms with Crippen LogP contribution >= 0.6 is 0 Å². The van der Waals surface area contributed by atoms with Crippen molar-refractivity contribution in [1.82, 2.24) is 17.8 Å². The fourth-order valence-electron chi connectivity index (χ4n) is 8.71. The fourth-order valence-corrected chi connectivity index (χ4v) is 8.71. The average Bonchev–Trinajstić information content (AvgIpc) is 3.75. The highest BCUT2D eigenvalue weighted by atomic mass is 15.1. The van der Waals surface area contributed by atoms with Crippen LogP contribution in [0.3, 0.4) is 0 Å². The first kappa shape index (κ1) is 23.2. The minimum absolute atomic E-state index is 1.17. The van der Waals surface area contributed by atoms with Gasteiger partial charge in [0.25, 0.3) is 0 Å². The van der Waals surface area contributed by atoms with E-state index in [0.717, 1.165) is 0 Å². The largest absolute Gasteiger partial charge is 0.306 e. The molecule has 0 unspecified atom stereocenters. The van der Waals surface area contributed by atoms with Gasteiger partial charge in [0.05, 0.1) is 60.7 Å². The second-order valence-electron chi connectivity index (χ2n) is 12.6. The molecule has 212 valence electrons. The Labute approximate surface area is 261 Å². The Hall–Kier alpha value is -6.26. The number of fused-ring (bicyclic) bond motifs is 13. The molecule has 5 aromatic heterocycles. The normalized spacial score (nSPS) is 12.8. The Morgan fingerprint density at radius 3 is 1.41 bits per heavy atom. The summed E-state index contributed by atoms with van der Waals surface area (Å²) >= 11 is 0. The van der Waals surface area contributed by atoms with Crippen LogP contribution < -0.4 is 0 Å². The Kier molecular flexibility index (Phi) is 3.96. The van der Waals surface area contributed by atoms with Crippen LogP contribution in [-0.2, 0) is 0 Å². The van der Waals surface area contributed by atoms with Crippen LogP contribution in [-0.4, -0.2) is 17.8 Å². The zero-order valence-electron chi connectivity index (χ0n) is 24.6. The summed E-state index contributed by atoms with van der Waals surface area (Å²) in [4.78, 5) is 0. The van der Waals surface area contributed by atoms with Crippen molar-refractivity contribution in [2.75, 3.05) is 0 Å². The van der Waals surface area contributed by atoms with Crippen LogP contribution in [0.5, 0.6) is 0 Å². The molecule has 0 N–H and O–H groups in total. The summed E-state index contributed by atoms with van der Waals surface area (Å²) in [6, 6.07) is 53.6. The number of para-hydroxylation sites is 7. The summed E-state index contributed by atoms with van der Waals surface area (Å²) in [7, 11) is 0. The SMILES string of the molecule is c1ccc(-n2c3ccccc3n3c4cc5c(cc4c4cccc2c43)c2cccc3c2n5c2cccc4c5ccccc5n3c42)cc1. The molecule has 12 rings (SSSR count). The van der Waals surface area contributed by atoms with Gasteiger partial charge >= 0.3 is 0 Å². The predicted molar refractivity (Wildman–Crippen MR) is 192 cm³/mol. The van der Waals surface area contributed by atoms with E-state index in [1.54, 1.807) is 0 Å². The minimum atomic E-state index is 1.17. The van der Waals surface area contributed by atoms with E-state index < -0.39 is 0 Å². The lowest BCUT2D eigenvalue weighted by atomic mass is 10.1.